The first kappa shape index (κ1) is 15.2. The van der Waals surface area contributed by atoms with E-state index in [1.165, 1.54) is 12.1 Å². The van der Waals surface area contributed by atoms with Gasteiger partial charge in [0, 0.05) is 6.04 Å². The van der Waals surface area contributed by atoms with Gasteiger partial charge >= 0.3 is 0 Å². The van der Waals surface area contributed by atoms with Crippen molar-refractivity contribution in [3.05, 3.63) is 29.3 Å². The summed E-state index contributed by atoms with van der Waals surface area (Å²) in [5, 5.41) is 3.05. The summed E-state index contributed by atoms with van der Waals surface area (Å²) in [7, 11) is 0. The first-order valence-corrected chi connectivity index (χ1v) is 7.46. The Morgan fingerprint density at radius 3 is 2.55 bits per heavy atom. The van der Waals surface area contributed by atoms with Crippen LogP contribution in [0.3, 0.4) is 0 Å². The molecule has 0 bridgehead atoms. The Labute approximate surface area is 120 Å². The molecule has 0 aromatic heterocycles. The van der Waals surface area contributed by atoms with Crippen LogP contribution in [0, 0.1) is 24.5 Å². The summed E-state index contributed by atoms with van der Waals surface area (Å²) in [6, 6.07) is 2.88. The fourth-order valence-electron chi connectivity index (χ4n) is 2.90. The van der Waals surface area contributed by atoms with Crippen LogP contribution < -0.4 is 5.32 Å². The molecule has 0 saturated carbocycles. The van der Waals surface area contributed by atoms with Gasteiger partial charge in [-0.05, 0) is 63.9 Å². The molecule has 112 valence electrons. The summed E-state index contributed by atoms with van der Waals surface area (Å²) in [5.74, 6) is -0.508. The Hall–Kier alpha value is -1.16. The van der Waals surface area contributed by atoms with Crippen LogP contribution in [-0.2, 0) is 0 Å². The van der Waals surface area contributed by atoms with Crippen molar-refractivity contribution in [2.75, 3.05) is 25.0 Å². The molecule has 0 radical (unpaired) electrons. The summed E-state index contributed by atoms with van der Waals surface area (Å²) >= 11 is 0. The molecule has 1 aromatic carbocycles. The molecule has 1 atom stereocenters. The van der Waals surface area contributed by atoms with E-state index < -0.39 is 11.6 Å². The number of nitrogens with one attached hydrogen (secondary N) is 1. The highest BCUT2D eigenvalue weighted by Crippen LogP contribution is 2.27. The van der Waals surface area contributed by atoms with Crippen LogP contribution in [0.5, 0.6) is 0 Å². The second kappa shape index (κ2) is 6.53. The SMILES string of the molecule is CCN1CCC(C(C)Nc2c(F)ccc(C)c2F)CC1. The fraction of sp³-hybridized carbons (Fsp3) is 0.625. The minimum atomic E-state index is -0.508. The van der Waals surface area contributed by atoms with Gasteiger partial charge in [0.25, 0.3) is 0 Å². The Kier molecular flexibility index (Phi) is 4.97. The van der Waals surface area contributed by atoms with Gasteiger partial charge in [0.05, 0.1) is 0 Å². The van der Waals surface area contributed by atoms with Crippen molar-refractivity contribution in [2.45, 2.75) is 39.7 Å². The summed E-state index contributed by atoms with van der Waals surface area (Å²) < 4.78 is 27.8. The molecular weight excluding hydrogens is 258 g/mol. The van der Waals surface area contributed by atoms with Crippen LogP contribution in [0.4, 0.5) is 14.5 Å². The van der Waals surface area contributed by atoms with Gasteiger partial charge in [0.2, 0.25) is 0 Å². The third kappa shape index (κ3) is 3.29. The minimum Gasteiger partial charge on any atom is -0.378 e. The van der Waals surface area contributed by atoms with E-state index in [1.54, 1.807) is 6.92 Å². The largest absolute Gasteiger partial charge is 0.378 e. The van der Waals surface area contributed by atoms with Gasteiger partial charge in [-0.2, -0.15) is 0 Å². The Morgan fingerprint density at radius 2 is 1.95 bits per heavy atom. The Morgan fingerprint density at radius 1 is 1.30 bits per heavy atom. The highest BCUT2D eigenvalue weighted by molar-refractivity contribution is 5.49. The zero-order valence-corrected chi connectivity index (χ0v) is 12.5. The van der Waals surface area contributed by atoms with Crippen molar-refractivity contribution in [3.8, 4) is 0 Å². The molecule has 20 heavy (non-hydrogen) atoms. The van der Waals surface area contributed by atoms with E-state index in [-0.39, 0.29) is 11.7 Å². The van der Waals surface area contributed by atoms with Crippen LogP contribution >= 0.6 is 0 Å². The highest BCUT2D eigenvalue weighted by Gasteiger charge is 2.24. The maximum Gasteiger partial charge on any atom is 0.152 e. The van der Waals surface area contributed by atoms with Crippen molar-refractivity contribution >= 4 is 5.69 Å². The number of anilines is 1. The van der Waals surface area contributed by atoms with E-state index >= 15 is 0 Å². The highest BCUT2D eigenvalue weighted by atomic mass is 19.1. The summed E-state index contributed by atoms with van der Waals surface area (Å²) in [6.07, 6.45) is 2.16. The average Bonchev–Trinajstić information content (AvgIpc) is 2.47. The van der Waals surface area contributed by atoms with E-state index in [4.69, 9.17) is 0 Å². The standard InChI is InChI=1S/C16H24F2N2/c1-4-20-9-7-13(8-10-20)12(3)19-16-14(17)6-5-11(2)15(16)18/h5-6,12-13,19H,4,7-10H2,1-3H3. The first-order chi connectivity index (χ1) is 9.52. The molecule has 1 heterocycles. The van der Waals surface area contributed by atoms with Gasteiger partial charge in [0.15, 0.2) is 5.82 Å². The second-order valence-electron chi connectivity index (χ2n) is 5.76. The van der Waals surface area contributed by atoms with Gasteiger partial charge < -0.3 is 10.2 Å². The van der Waals surface area contributed by atoms with Gasteiger partial charge in [-0.15, -0.1) is 0 Å². The topological polar surface area (TPSA) is 15.3 Å². The second-order valence-corrected chi connectivity index (χ2v) is 5.76. The van der Waals surface area contributed by atoms with Crippen molar-refractivity contribution in [3.63, 3.8) is 0 Å². The first-order valence-electron chi connectivity index (χ1n) is 7.46. The van der Waals surface area contributed by atoms with Gasteiger partial charge in [0.1, 0.15) is 11.5 Å². The third-order valence-corrected chi connectivity index (χ3v) is 4.44. The molecule has 1 N–H and O–H groups in total. The van der Waals surface area contributed by atoms with Crippen molar-refractivity contribution in [2.24, 2.45) is 5.92 Å². The number of likely N-dealkylation sites (tertiary alicyclic amines) is 1. The fourth-order valence-corrected chi connectivity index (χ4v) is 2.90. The van der Waals surface area contributed by atoms with Crippen LogP contribution in [0.1, 0.15) is 32.3 Å². The monoisotopic (exact) mass is 282 g/mol. The molecule has 0 amide bonds. The normalized spacial score (nSPS) is 19.1. The number of rotatable bonds is 4. The van der Waals surface area contributed by atoms with E-state index in [0.29, 0.717) is 11.5 Å². The molecule has 2 rings (SSSR count). The van der Waals surface area contributed by atoms with E-state index in [2.05, 4.69) is 17.1 Å². The molecule has 1 fully saturated rings. The lowest BCUT2D eigenvalue weighted by Crippen LogP contribution is -2.39. The zero-order chi connectivity index (χ0) is 14.7. The van der Waals surface area contributed by atoms with E-state index in [0.717, 1.165) is 32.5 Å². The Bertz CT molecular complexity index is 454. The summed E-state index contributed by atoms with van der Waals surface area (Å²) in [4.78, 5) is 2.41. The lowest BCUT2D eigenvalue weighted by molar-refractivity contribution is 0.183. The minimum absolute atomic E-state index is 0.0235. The summed E-state index contributed by atoms with van der Waals surface area (Å²) in [5.41, 5.74) is 0.498. The number of aryl methyl sites for hydroxylation is 1. The molecule has 4 heteroatoms. The number of halogens is 2. The van der Waals surface area contributed by atoms with Gasteiger partial charge in [-0.1, -0.05) is 13.0 Å². The molecule has 1 saturated heterocycles. The zero-order valence-electron chi connectivity index (χ0n) is 12.5. The molecule has 1 aliphatic rings. The van der Waals surface area contributed by atoms with Crippen LogP contribution in [0.2, 0.25) is 0 Å². The van der Waals surface area contributed by atoms with Crippen LogP contribution in [0.25, 0.3) is 0 Å². The smallest absolute Gasteiger partial charge is 0.152 e. The van der Waals surface area contributed by atoms with Crippen molar-refractivity contribution in [1.29, 1.82) is 0 Å². The molecule has 2 nitrogen and oxygen atoms in total. The number of hydrogen-bond donors (Lipinski definition) is 1. The molecule has 1 unspecified atom stereocenters. The van der Waals surface area contributed by atoms with Gasteiger partial charge in [-0.25, -0.2) is 8.78 Å². The molecule has 0 aliphatic carbocycles. The number of piperidine rings is 1. The van der Waals surface area contributed by atoms with Crippen LogP contribution in [-0.4, -0.2) is 30.6 Å². The number of benzene rings is 1. The number of hydrogen-bond acceptors (Lipinski definition) is 2. The van der Waals surface area contributed by atoms with E-state index in [1.807, 2.05) is 6.92 Å². The predicted octanol–water partition coefficient (Wildman–Crippen LogP) is 3.81. The summed E-state index contributed by atoms with van der Waals surface area (Å²) in [6.45, 7) is 9.07. The average molecular weight is 282 g/mol. The lowest BCUT2D eigenvalue weighted by atomic mass is 9.90. The predicted molar refractivity (Wildman–Crippen MR) is 79.0 cm³/mol. The maximum atomic E-state index is 14.0. The quantitative estimate of drug-likeness (QED) is 0.903. The molecular formula is C16H24F2N2. The third-order valence-electron chi connectivity index (χ3n) is 4.44. The van der Waals surface area contributed by atoms with Crippen LogP contribution in [0.15, 0.2) is 12.1 Å². The van der Waals surface area contributed by atoms with E-state index in [9.17, 15) is 8.78 Å². The van der Waals surface area contributed by atoms with Crippen molar-refractivity contribution in [1.82, 2.24) is 4.90 Å². The molecule has 1 aliphatic heterocycles. The maximum absolute atomic E-state index is 14.0. The number of nitrogens with zero attached hydrogens (tertiary/aromatic N) is 1. The molecule has 0 spiro atoms. The Balaban J connectivity index is 2.02. The lowest BCUT2D eigenvalue weighted by Gasteiger charge is -2.35. The van der Waals surface area contributed by atoms with Crippen molar-refractivity contribution < 1.29 is 8.78 Å². The molecule has 1 aromatic rings. The van der Waals surface area contributed by atoms with Gasteiger partial charge in [-0.3, -0.25) is 0 Å².